The number of nitrogens with one attached hydrogen (secondary N) is 1. The number of amides is 1. The van der Waals surface area contributed by atoms with Gasteiger partial charge in [-0.15, -0.1) is 0 Å². The Balaban J connectivity index is 1.93. The molecule has 0 aliphatic rings. The third-order valence-corrected chi connectivity index (χ3v) is 3.70. The first kappa shape index (κ1) is 13.6. The SMILES string of the molecule is Nc1cccc(C(=O)NCCc2ccccc2)c1Br. The van der Waals surface area contributed by atoms with Gasteiger partial charge in [-0.05, 0) is 40.0 Å². The molecule has 0 saturated heterocycles. The Morgan fingerprint density at radius 1 is 1.11 bits per heavy atom. The van der Waals surface area contributed by atoms with Crippen molar-refractivity contribution in [1.29, 1.82) is 0 Å². The summed E-state index contributed by atoms with van der Waals surface area (Å²) in [6.07, 6.45) is 0.812. The van der Waals surface area contributed by atoms with E-state index in [9.17, 15) is 4.79 Å². The summed E-state index contributed by atoms with van der Waals surface area (Å²) in [6, 6.07) is 15.3. The molecule has 0 heterocycles. The maximum absolute atomic E-state index is 12.0. The zero-order valence-corrected chi connectivity index (χ0v) is 12.0. The number of halogens is 1. The molecule has 2 aromatic carbocycles. The van der Waals surface area contributed by atoms with E-state index in [1.54, 1.807) is 18.2 Å². The molecule has 0 aliphatic carbocycles. The van der Waals surface area contributed by atoms with Crippen LogP contribution in [0.2, 0.25) is 0 Å². The minimum Gasteiger partial charge on any atom is -0.398 e. The predicted molar refractivity (Wildman–Crippen MR) is 81.0 cm³/mol. The van der Waals surface area contributed by atoms with Crippen molar-refractivity contribution in [3.05, 3.63) is 64.1 Å². The normalized spacial score (nSPS) is 10.2. The van der Waals surface area contributed by atoms with E-state index in [-0.39, 0.29) is 5.91 Å². The molecule has 0 spiro atoms. The number of anilines is 1. The maximum Gasteiger partial charge on any atom is 0.252 e. The summed E-state index contributed by atoms with van der Waals surface area (Å²) in [6.45, 7) is 0.601. The number of carbonyl (C=O) groups is 1. The molecule has 3 nitrogen and oxygen atoms in total. The largest absolute Gasteiger partial charge is 0.398 e. The van der Waals surface area contributed by atoms with E-state index in [1.165, 1.54) is 5.56 Å². The van der Waals surface area contributed by atoms with Gasteiger partial charge in [0.2, 0.25) is 0 Å². The van der Waals surface area contributed by atoms with Crippen molar-refractivity contribution in [3.63, 3.8) is 0 Å². The Morgan fingerprint density at radius 3 is 2.58 bits per heavy atom. The number of nitrogens with two attached hydrogens (primary N) is 1. The summed E-state index contributed by atoms with van der Waals surface area (Å²) in [5.41, 5.74) is 8.08. The lowest BCUT2D eigenvalue weighted by molar-refractivity contribution is 0.0953. The van der Waals surface area contributed by atoms with Crippen LogP contribution in [0.15, 0.2) is 53.0 Å². The molecule has 0 aliphatic heterocycles. The summed E-state index contributed by atoms with van der Waals surface area (Å²) in [4.78, 5) is 12.0. The van der Waals surface area contributed by atoms with Crippen molar-refractivity contribution >= 4 is 27.5 Å². The molecular weight excluding hydrogens is 304 g/mol. The molecule has 19 heavy (non-hydrogen) atoms. The van der Waals surface area contributed by atoms with Gasteiger partial charge in [0.15, 0.2) is 0 Å². The third-order valence-electron chi connectivity index (χ3n) is 2.82. The Labute approximate surface area is 121 Å². The number of carbonyl (C=O) groups excluding carboxylic acids is 1. The topological polar surface area (TPSA) is 55.1 Å². The fraction of sp³-hybridized carbons (Fsp3) is 0.133. The molecule has 0 fully saturated rings. The molecule has 0 saturated carbocycles. The first-order valence-electron chi connectivity index (χ1n) is 6.04. The first-order valence-corrected chi connectivity index (χ1v) is 6.84. The zero-order valence-electron chi connectivity index (χ0n) is 10.4. The van der Waals surface area contributed by atoms with Crippen LogP contribution in [0, 0.1) is 0 Å². The van der Waals surface area contributed by atoms with E-state index in [1.807, 2.05) is 30.3 Å². The molecule has 0 atom stereocenters. The smallest absolute Gasteiger partial charge is 0.252 e. The van der Waals surface area contributed by atoms with Crippen molar-refractivity contribution in [2.75, 3.05) is 12.3 Å². The highest BCUT2D eigenvalue weighted by Crippen LogP contribution is 2.23. The fourth-order valence-corrected chi connectivity index (χ4v) is 2.23. The van der Waals surface area contributed by atoms with Crippen LogP contribution >= 0.6 is 15.9 Å². The zero-order chi connectivity index (χ0) is 13.7. The second-order valence-electron chi connectivity index (χ2n) is 4.20. The average Bonchev–Trinajstić information content (AvgIpc) is 2.43. The lowest BCUT2D eigenvalue weighted by atomic mass is 10.1. The van der Waals surface area contributed by atoms with Gasteiger partial charge in [0.05, 0.1) is 10.0 Å². The van der Waals surface area contributed by atoms with Gasteiger partial charge in [0.25, 0.3) is 5.91 Å². The summed E-state index contributed by atoms with van der Waals surface area (Å²) in [7, 11) is 0. The highest BCUT2D eigenvalue weighted by molar-refractivity contribution is 9.10. The number of nitrogen functional groups attached to an aromatic ring is 1. The first-order chi connectivity index (χ1) is 9.18. The fourth-order valence-electron chi connectivity index (χ4n) is 1.79. The van der Waals surface area contributed by atoms with Crippen LogP contribution in [0.1, 0.15) is 15.9 Å². The van der Waals surface area contributed by atoms with Gasteiger partial charge in [0, 0.05) is 12.2 Å². The molecule has 0 aromatic heterocycles. The summed E-state index contributed by atoms with van der Waals surface area (Å²) < 4.78 is 0.646. The Kier molecular flexibility index (Phi) is 4.58. The van der Waals surface area contributed by atoms with Crippen LogP contribution < -0.4 is 11.1 Å². The minimum atomic E-state index is -0.116. The summed E-state index contributed by atoms with van der Waals surface area (Å²) in [5.74, 6) is -0.116. The molecule has 98 valence electrons. The lowest BCUT2D eigenvalue weighted by Gasteiger charge is -2.08. The predicted octanol–water partition coefficient (Wildman–Crippen LogP) is 3.00. The van der Waals surface area contributed by atoms with Crippen LogP contribution in [-0.2, 0) is 6.42 Å². The van der Waals surface area contributed by atoms with Gasteiger partial charge in [-0.1, -0.05) is 36.4 Å². The lowest BCUT2D eigenvalue weighted by Crippen LogP contribution is -2.26. The standard InChI is InChI=1S/C15H15BrN2O/c16-14-12(7-4-8-13(14)17)15(19)18-10-9-11-5-2-1-3-6-11/h1-8H,9-10,17H2,(H,18,19). The van der Waals surface area contributed by atoms with Gasteiger partial charge in [-0.25, -0.2) is 0 Å². The van der Waals surface area contributed by atoms with Crippen LogP contribution in [0.3, 0.4) is 0 Å². The number of benzene rings is 2. The highest BCUT2D eigenvalue weighted by atomic mass is 79.9. The van der Waals surface area contributed by atoms with Crippen molar-refractivity contribution in [3.8, 4) is 0 Å². The molecule has 0 radical (unpaired) electrons. The maximum atomic E-state index is 12.0. The molecule has 1 amide bonds. The average molecular weight is 319 g/mol. The van der Waals surface area contributed by atoms with Crippen molar-refractivity contribution < 1.29 is 4.79 Å². The van der Waals surface area contributed by atoms with Gasteiger partial charge in [0.1, 0.15) is 0 Å². The van der Waals surface area contributed by atoms with Crippen molar-refractivity contribution in [2.24, 2.45) is 0 Å². The molecule has 0 unspecified atom stereocenters. The molecule has 3 N–H and O–H groups in total. The molecule has 0 bridgehead atoms. The molecule has 2 aromatic rings. The Hall–Kier alpha value is -1.81. The molecule has 4 heteroatoms. The van der Waals surface area contributed by atoms with E-state index in [0.717, 1.165) is 6.42 Å². The van der Waals surface area contributed by atoms with E-state index in [2.05, 4.69) is 21.2 Å². The van der Waals surface area contributed by atoms with E-state index >= 15 is 0 Å². The Bertz CT molecular complexity index is 570. The Morgan fingerprint density at radius 2 is 1.84 bits per heavy atom. The molecular formula is C15H15BrN2O. The third kappa shape index (κ3) is 3.58. The van der Waals surface area contributed by atoms with E-state index in [4.69, 9.17) is 5.73 Å². The molecule has 2 rings (SSSR count). The second kappa shape index (κ2) is 6.38. The number of hydrogen-bond donors (Lipinski definition) is 2. The number of rotatable bonds is 4. The van der Waals surface area contributed by atoms with Crippen molar-refractivity contribution in [2.45, 2.75) is 6.42 Å². The minimum absolute atomic E-state index is 0.116. The van der Waals surface area contributed by atoms with Crippen LogP contribution in [0.5, 0.6) is 0 Å². The van der Waals surface area contributed by atoms with Gasteiger partial charge in [-0.2, -0.15) is 0 Å². The second-order valence-corrected chi connectivity index (χ2v) is 4.99. The van der Waals surface area contributed by atoms with Gasteiger partial charge >= 0.3 is 0 Å². The van der Waals surface area contributed by atoms with Crippen LogP contribution in [-0.4, -0.2) is 12.5 Å². The quantitative estimate of drug-likeness (QED) is 0.851. The monoisotopic (exact) mass is 318 g/mol. The highest BCUT2D eigenvalue weighted by Gasteiger charge is 2.10. The van der Waals surface area contributed by atoms with Crippen LogP contribution in [0.4, 0.5) is 5.69 Å². The van der Waals surface area contributed by atoms with E-state index < -0.39 is 0 Å². The van der Waals surface area contributed by atoms with Gasteiger partial charge < -0.3 is 11.1 Å². The summed E-state index contributed by atoms with van der Waals surface area (Å²) >= 11 is 3.33. The van der Waals surface area contributed by atoms with E-state index in [0.29, 0.717) is 22.3 Å². The number of hydrogen-bond acceptors (Lipinski definition) is 2. The summed E-state index contributed by atoms with van der Waals surface area (Å²) in [5, 5.41) is 2.89. The van der Waals surface area contributed by atoms with Crippen molar-refractivity contribution in [1.82, 2.24) is 5.32 Å². The van der Waals surface area contributed by atoms with Gasteiger partial charge in [-0.3, -0.25) is 4.79 Å². The van der Waals surface area contributed by atoms with Crippen LogP contribution in [0.25, 0.3) is 0 Å².